The van der Waals surface area contributed by atoms with Crippen molar-refractivity contribution in [3.8, 4) is 5.75 Å². The van der Waals surface area contributed by atoms with Crippen molar-refractivity contribution in [2.24, 2.45) is 0 Å². The maximum absolute atomic E-state index is 11.8. The lowest BCUT2D eigenvalue weighted by Gasteiger charge is -2.22. The molecule has 4 rings (SSSR count). The lowest BCUT2D eigenvalue weighted by Crippen LogP contribution is -2.28. The van der Waals surface area contributed by atoms with Crippen LogP contribution in [0.1, 0.15) is 15.9 Å². The molecule has 2 aromatic carbocycles. The van der Waals surface area contributed by atoms with Gasteiger partial charge in [0.25, 0.3) is 5.91 Å². The van der Waals surface area contributed by atoms with Gasteiger partial charge < -0.3 is 18.9 Å². The van der Waals surface area contributed by atoms with E-state index >= 15 is 0 Å². The highest BCUT2D eigenvalue weighted by atomic mass is 16.5. The largest absolute Gasteiger partial charge is 0.491 e. The fourth-order valence-corrected chi connectivity index (χ4v) is 3.48. The molecule has 0 atom stereocenters. The standard InChI is InChI=1S/C20H22N4O4/c1-27-10-9-24-17-5-3-2-4-16(17)21-20(24)23-8-11-28-18-7-6-14(19(25)22-26)12-15(18)13-23/h2-7,12,26H,8-11,13H2,1H3,(H,22,25). The van der Waals surface area contributed by atoms with Crippen LogP contribution in [0.4, 0.5) is 5.95 Å². The van der Waals surface area contributed by atoms with E-state index in [-0.39, 0.29) is 0 Å². The van der Waals surface area contributed by atoms with Crippen LogP contribution in [0.25, 0.3) is 11.0 Å². The first-order valence-electron chi connectivity index (χ1n) is 9.10. The predicted octanol–water partition coefficient (Wildman–Crippen LogP) is 2.20. The van der Waals surface area contributed by atoms with Gasteiger partial charge in [0.05, 0.1) is 24.2 Å². The van der Waals surface area contributed by atoms with Crippen LogP contribution < -0.4 is 15.1 Å². The summed E-state index contributed by atoms with van der Waals surface area (Å²) >= 11 is 0. The highest BCUT2D eigenvalue weighted by Crippen LogP contribution is 2.29. The third-order valence-corrected chi connectivity index (χ3v) is 4.84. The molecule has 0 radical (unpaired) electrons. The molecule has 8 nitrogen and oxygen atoms in total. The Morgan fingerprint density at radius 3 is 3.00 bits per heavy atom. The van der Waals surface area contributed by atoms with Gasteiger partial charge in [-0.15, -0.1) is 0 Å². The number of ether oxygens (including phenoxy) is 2. The predicted molar refractivity (Wildman–Crippen MR) is 104 cm³/mol. The van der Waals surface area contributed by atoms with Crippen LogP contribution in [-0.2, 0) is 17.8 Å². The van der Waals surface area contributed by atoms with Crippen LogP contribution in [0.15, 0.2) is 42.5 Å². The van der Waals surface area contributed by atoms with Gasteiger partial charge in [-0.05, 0) is 30.3 Å². The molecule has 0 fully saturated rings. The molecule has 1 aromatic heterocycles. The molecule has 0 saturated carbocycles. The monoisotopic (exact) mass is 382 g/mol. The molecule has 1 amide bonds. The van der Waals surface area contributed by atoms with Crippen LogP contribution in [0.3, 0.4) is 0 Å². The van der Waals surface area contributed by atoms with E-state index in [1.54, 1.807) is 30.8 Å². The van der Waals surface area contributed by atoms with Crippen molar-refractivity contribution in [1.82, 2.24) is 15.0 Å². The van der Waals surface area contributed by atoms with Gasteiger partial charge >= 0.3 is 0 Å². The van der Waals surface area contributed by atoms with Crippen LogP contribution in [-0.4, -0.2) is 47.5 Å². The van der Waals surface area contributed by atoms with E-state index in [0.717, 1.165) is 28.3 Å². The molecule has 2 N–H and O–H groups in total. The average molecular weight is 382 g/mol. The van der Waals surface area contributed by atoms with Gasteiger partial charge in [0.2, 0.25) is 5.95 Å². The SMILES string of the molecule is COCCn1c(N2CCOc3ccc(C(=O)NO)cc3C2)nc2ccccc21. The van der Waals surface area contributed by atoms with Crippen molar-refractivity contribution in [3.63, 3.8) is 0 Å². The van der Waals surface area contributed by atoms with Gasteiger partial charge in [-0.25, -0.2) is 10.5 Å². The maximum Gasteiger partial charge on any atom is 0.274 e. The summed E-state index contributed by atoms with van der Waals surface area (Å²) in [5, 5.41) is 8.91. The third kappa shape index (κ3) is 3.39. The number of hydrogen-bond donors (Lipinski definition) is 2. The molecule has 3 aromatic rings. The lowest BCUT2D eigenvalue weighted by molar-refractivity contribution is 0.0706. The Morgan fingerprint density at radius 1 is 1.32 bits per heavy atom. The molecule has 0 spiro atoms. The van der Waals surface area contributed by atoms with Crippen LogP contribution >= 0.6 is 0 Å². The van der Waals surface area contributed by atoms with Gasteiger partial charge in [0.15, 0.2) is 0 Å². The average Bonchev–Trinajstić information content (AvgIpc) is 2.96. The van der Waals surface area contributed by atoms with Crippen molar-refractivity contribution in [3.05, 3.63) is 53.6 Å². The van der Waals surface area contributed by atoms with E-state index in [1.807, 2.05) is 24.3 Å². The number of anilines is 1. The Labute approximate surface area is 162 Å². The number of benzene rings is 2. The summed E-state index contributed by atoms with van der Waals surface area (Å²) in [5.41, 5.74) is 4.89. The molecule has 8 heteroatoms. The number of nitrogens with one attached hydrogen (secondary N) is 1. The number of hydroxylamine groups is 1. The van der Waals surface area contributed by atoms with E-state index in [4.69, 9.17) is 19.7 Å². The summed E-state index contributed by atoms with van der Waals surface area (Å²) in [4.78, 5) is 18.8. The Kier molecular flexibility index (Phi) is 5.14. The van der Waals surface area contributed by atoms with Crippen molar-refractivity contribution >= 4 is 22.9 Å². The Hall–Kier alpha value is -3.10. The molecule has 0 saturated heterocycles. The second kappa shape index (κ2) is 7.87. The number of carbonyl (C=O) groups is 1. The minimum Gasteiger partial charge on any atom is -0.491 e. The van der Waals surface area contributed by atoms with Gasteiger partial charge in [0.1, 0.15) is 12.4 Å². The van der Waals surface area contributed by atoms with Crippen LogP contribution in [0, 0.1) is 0 Å². The number of methoxy groups -OCH3 is 1. The van der Waals surface area contributed by atoms with Crippen molar-refractivity contribution in [2.45, 2.75) is 13.1 Å². The number of imidazole rings is 1. The number of nitrogens with zero attached hydrogens (tertiary/aromatic N) is 3. The van der Waals surface area contributed by atoms with Gasteiger partial charge in [0, 0.05) is 31.3 Å². The second-order valence-corrected chi connectivity index (χ2v) is 6.58. The summed E-state index contributed by atoms with van der Waals surface area (Å²) in [5.74, 6) is 1.02. The molecular formula is C20H22N4O4. The normalized spacial score (nSPS) is 13.7. The zero-order chi connectivity index (χ0) is 19.5. The lowest BCUT2D eigenvalue weighted by atomic mass is 10.1. The third-order valence-electron chi connectivity index (χ3n) is 4.84. The number of carbonyl (C=O) groups excluding carboxylic acids is 1. The number of hydrogen-bond acceptors (Lipinski definition) is 6. The van der Waals surface area contributed by atoms with Crippen molar-refractivity contribution in [1.29, 1.82) is 0 Å². The fraction of sp³-hybridized carbons (Fsp3) is 0.300. The molecule has 0 aliphatic carbocycles. The van der Waals surface area contributed by atoms with Gasteiger partial charge in [-0.2, -0.15) is 0 Å². The Balaban J connectivity index is 1.73. The number of fused-ring (bicyclic) bond motifs is 2. The summed E-state index contributed by atoms with van der Waals surface area (Å²) in [6, 6.07) is 13.1. The first-order valence-corrected chi connectivity index (χ1v) is 9.10. The van der Waals surface area contributed by atoms with Crippen LogP contribution in [0.2, 0.25) is 0 Å². The molecular weight excluding hydrogens is 360 g/mol. The molecule has 28 heavy (non-hydrogen) atoms. The number of aromatic nitrogens is 2. The zero-order valence-corrected chi connectivity index (χ0v) is 15.6. The first kappa shape index (κ1) is 18.3. The summed E-state index contributed by atoms with van der Waals surface area (Å²) in [6.07, 6.45) is 0. The molecule has 146 valence electrons. The maximum atomic E-state index is 11.8. The summed E-state index contributed by atoms with van der Waals surface area (Å²) in [6.45, 7) is 2.97. The van der Waals surface area contributed by atoms with E-state index < -0.39 is 5.91 Å². The van der Waals surface area contributed by atoms with E-state index in [9.17, 15) is 4.79 Å². The van der Waals surface area contributed by atoms with Crippen LogP contribution in [0.5, 0.6) is 5.75 Å². The highest BCUT2D eigenvalue weighted by molar-refractivity contribution is 5.93. The van der Waals surface area contributed by atoms with Crippen molar-refractivity contribution < 1.29 is 19.5 Å². The zero-order valence-electron chi connectivity index (χ0n) is 15.6. The molecule has 0 bridgehead atoms. The highest BCUT2D eigenvalue weighted by Gasteiger charge is 2.22. The minimum absolute atomic E-state index is 0.375. The number of amides is 1. The number of para-hydroxylation sites is 2. The Bertz CT molecular complexity index is 1000. The molecule has 1 aliphatic rings. The Morgan fingerprint density at radius 2 is 2.18 bits per heavy atom. The summed E-state index contributed by atoms with van der Waals surface area (Å²) < 4.78 is 13.3. The molecule has 0 unspecified atom stereocenters. The van der Waals surface area contributed by atoms with Crippen molar-refractivity contribution in [2.75, 3.05) is 31.8 Å². The quantitative estimate of drug-likeness (QED) is 0.520. The van der Waals surface area contributed by atoms with Gasteiger partial charge in [-0.3, -0.25) is 10.0 Å². The minimum atomic E-state index is -0.550. The molecule has 2 heterocycles. The second-order valence-electron chi connectivity index (χ2n) is 6.58. The van der Waals surface area contributed by atoms with Gasteiger partial charge in [-0.1, -0.05) is 12.1 Å². The van der Waals surface area contributed by atoms with E-state index in [0.29, 0.717) is 38.4 Å². The topological polar surface area (TPSA) is 88.9 Å². The first-order chi connectivity index (χ1) is 13.7. The number of rotatable bonds is 5. The smallest absolute Gasteiger partial charge is 0.274 e. The fourth-order valence-electron chi connectivity index (χ4n) is 3.48. The van der Waals surface area contributed by atoms with E-state index in [1.165, 1.54) is 0 Å². The summed E-state index contributed by atoms with van der Waals surface area (Å²) in [7, 11) is 1.68. The molecule has 1 aliphatic heterocycles. The van der Waals surface area contributed by atoms with E-state index in [2.05, 4.69) is 9.47 Å².